The number of carbonyl (C=O) groups excluding carboxylic acids is 2. The molecule has 148 valence electrons. The van der Waals surface area contributed by atoms with Crippen LogP contribution in [0, 0.1) is 5.92 Å². The molecule has 3 aromatic rings. The minimum atomic E-state index is -0.143. The Labute approximate surface area is 176 Å². The first-order chi connectivity index (χ1) is 13.7. The molecule has 4 nitrogen and oxygen atoms in total. The summed E-state index contributed by atoms with van der Waals surface area (Å²) in [5.74, 6) is -0.0734. The molecule has 1 fully saturated rings. The molecule has 1 aliphatic heterocycles. The highest BCUT2D eigenvalue weighted by molar-refractivity contribution is 6.09. The molecular weight excluding hydrogens is 384 g/mol. The third kappa shape index (κ3) is 4.73. The summed E-state index contributed by atoms with van der Waals surface area (Å²) in [6, 6.07) is 26.4. The van der Waals surface area contributed by atoms with Crippen LogP contribution in [-0.2, 0) is 4.79 Å². The third-order valence-electron chi connectivity index (χ3n) is 5.21. The standard InChI is InChI=1S/C24H22N2O2.ClH/c27-23(18-10-5-2-6-11-18)19-12-7-13-20(14-19)26-24(28)22-16-25-15-21(22)17-8-3-1-4-9-17;/h1-14,21-22,25H,15-16H2,(H,26,28);1H/t21-,22+;/m0./s1. The number of ketones is 1. The van der Waals surface area contributed by atoms with Crippen LogP contribution in [0.5, 0.6) is 0 Å². The predicted octanol–water partition coefficient (Wildman–Crippen LogP) is 4.28. The molecule has 3 aromatic carbocycles. The van der Waals surface area contributed by atoms with Crippen molar-refractivity contribution in [1.82, 2.24) is 5.32 Å². The number of hydrogen-bond acceptors (Lipinski definition) is 3. The lowest BCUT2D eigenvalue weighted by molar-refractivity contribution is -0.119. The van der Waals surface area contributed by atoms with E-state index in [-0.39, 0.29) is 35.9 Å². The van der Waals surface area contributed by atoms with E-state index in [0.29, 0.717) is 23.4 Å². The van der Waals surface area contributed by atoms with E-state index >= 15 is 0 Å². The lowest BCUT2D eigenvalue weighted by Crippen LogP contribution is -2.28. The largest absolute Gasteiger partial charge is 0.326 e. The van der Waals surface area contributed by atoms with Crippen LogP contribution in [0.25, 0.3) is 0 Å². The van der Waals surface area contributed by atoms with Crippen LogP contribution in [0.1, 0.15) is 27.4 Å². The van der Waals surface area contributed by atoms with Gasteiger partial charge in [0, 0.05) is 35.8 Å². The van der Waals surface area contributed by atoms with E-state index < -0.39 is 0 Å². The minimum Gasteiger partial charge on any atom is -0.326 e. The van der Waals surface area contributed by atoms with Gasteiger partial charge in [0.2, 0.25) is 5.91 Å². The zero-order valence-corrected chi connectivity index (χ0v) is 16.7. The van der Waals surface area contributed by atoms with Crippen LogP contribution in [0.4, 0.5) is 5.69 Å². The first kappa shape index (κ1) is 20.8. The normalized spacial score (nSPS) is 17.9. The molecule has 2 N–H and O–H groups in total. The van der Waals surface area contributed by atoms with Crippen molar-refractivity contribution in [2.75, 3.05) is 18.4 Å². The van der Waals surface area contributed by atoms with Crippen LogP contribution in [0.2, 0.25) is 0 Å². The van der Waals surface area contributed by atoms with E-state index in [0.717, 1.165) is 6.54 Å². The van der Waals surface area contributed by atoms with Gasteiger partial charge in [0.25, 0.3) is 0 Å². The fraction of sp³-hybridized carbons (Fsp3) is 0.167. The van der Waals surface area contributed by atoms with Crippen LogP contribution >= 0.6 is 12.4 Å². The van der Waals surface area contributed by atoms with Crippen molar-refractivity contribution in [2.45, 2.75) is 5.92 Å². The summed E-state index contributed by atoms with van der Waals surface area (Å²) in [5.41, 5.74) is 3.01. The number of rotatable bonds is 5. The van der Waals surface area contributed by atoms with Gasteiger partial charge in [-0.25, -0.2) is 0 Å². The molecule has 0 aromatic heterocycles. The molecule has 1 amide bonds. The molecule has 1 heterocycles. The quantitative estimate of drug-likeness (QED) is 0.622. The Morgan fingerprint density at radius 1 is 0.793 bits per heavy atom. The van der Waals surface area contributed by atoms with Gasteiger partial charge in [-0.15, -0.1) is 12.4 Å². The number of anilines is 1. The molecule has 0 bridgehead atoms. The van der Waals surface area contributed by atoms with Crippen molar-refractivity contribution in [1.29, 1.82) is 0 Å². The number of benzene rings is 3. The van der Waals surface area contributed by atoms with E-state index in [1.807, 2.05) is 42.5 Å². The summed E-state index contributed by atoms with van der Waals surface area (Å²) in [4.78, 5) is 25.6. The summed E-state index contributed by atoms with van der Waals surface area (Å²) < 4.78 is 0. The van der Waals surface area contributed by atoms with E-state index in [1.165, 1.54) is 5.56 Å². The molecule has 1 saturated heterocycles. The van der Waals surface area contributed by atoms with E-state index in [2.05, 4.69) is 22.8 Å². The van der Waals surface area contributed by atoms with Gasteiger partial charge in [-0.2, -0.15) is 0 Å². The summed E-state index contributed by atoms with van der Waals surface area (Å²) in [7, 11) is 0. The van der Waals surface area contributed by atoms with Crippen molar-refractivity contribution in [2.24, 2.45) is 5.92 Å². The highest BCUT2D eigenvalue weighted by Gasteiger charge is 2.33. The SMILES string of the molecule is Cl.O=C(c1ccccc1)c1cccc(NC(=O)[C@@H]2CNC[C@H]2c2ccccc2)c1. The first-order valence-corrected chi connectivity index (χ1v) is 9.49. The van der Waals surface area contributed by atoms with Crippen molar-refractivity contribution >= 4 is 29.8 Å². The molecule has 0 spiro atoms. The second-order valence-electron chi connectivity index (χ2n) is 7.05. The molecule has 0 aliphatic carbocycles. The maximum atomic E-state index is 12.9. The fourth-order valence-corrected chi connectivity index (χ4v) is 3.73. The Balaban J connectivity index is 0.00000240. The summed E-state index contributed by atoms with van der Waals surface area (Å²) in [5, 5.41) is 6.32. The minimum absolute atomic E-state index is 0. The van der Waals surface area contributed by atoms with Gasteiger partial charge in [0.15, 0.2) is 5.78 Å². The van der Waals surface area contributed by atoms with Gasteiger partial charge in [0.1, 0.15) is 0 Å². The highest BCUT2D eigenvalue weighted by Crippen LogP contribution is 2.29. The maximum Gasteiger partial charge on any atom is 0.229 e. The molecule has 5 heteroatoms. The van der Waals surface area contributed by atoms with Gasteiger partial charge >= 0.3 is 0 Å². The van der Waals surface area contributed by atoms with Crippen LogP contribution < -0.4 is 10.6 Å². The van der Waals surface area contributed by atoms with Gasteiger partial charge in [0.05, 0.1) is 5.92 Å². The van der Waals surface area contributed by atoms with E-state index in [1.54, 1.807) is 30.3 Å². The average molecular weight is 407 g/mol. The first-order valence-electron chi connectivity index (χ1n) is 9.49. The van der Waals surface area contributed by atoms with Crippen molar-refractivity contribution < 1.29 is 9.59 Å². The Hall–Kier alpha value is -2.95. The number of hydrogen-bond donors (Lipinski definition) is 2. The summed E-state index contributed by atoms with van der Waals surface area (Å²) in [6.07, 6.45) is 0. The highest BCUT2D eigenvalue weighted by atomic mass is 35.5. The van der Waals surface area contributed by atoms with Gasteiger partial charge < -0.3 is 10.6 Å². The summed E-state index contributed by atoms with van der Waals surface area (Å²) >= 11 is 0. The molecule has 0 unspecified atom stereocenters. The van der Waals surface area contributed by atoms with Crippen LogP contribution in [0.3, 0.4) is 0 Å². The van der Waals surface area contributed by atoms with Crippen LogP contribution in [0.15, 0.2) is 84.9 Å². The number of halogens is 1. The Morgan fingerprint density at radius 3 is 2.17 bits per heavy atom. The van der Waals surface area contributed by atoms with Gasteiger partial charge in [-0.3, -0.25) is 9.59 Å². The molecule has 29 heavy (non-hydrogen) atoms. The Kier molecular flexibility index (Phi) is 6.81. The molecule has 0 radical (unpaired) electrons. The van der Waals surface area contributed by atoms with Crippen molar-refractivity contribution in [3.8, 4) is 0 Å². The molecule has 1 aliphatic rings. The number of carbonyl (C=O) groups is 2. The molecule has 2 atom stereocenters. The van der Waals surface area contributed by atoms with Gasteiger partial charge in [-0.05, 0) is 17.7 Å². The zero-order valence-electron chi connectivity index (χ0n) is 15.9. The molecule has 4 rings (SSSR count). The molecule has 0 saturated carbocycles. The fourth-order valence-electron chi connectivity index (χ4n) is 3.73. The molecular formula is C24H23ClN2O2. The van der Waals surface area contributed by atoms with Gasteiger partial charge in [-0.1, -0.05) is 72.8 Å². The van der Waals surface area contributed by atoms with Crippen molar-refractivity contribution in [3.63, 3.8) is 0 Å². The lowest BCUT2D eigenvalue weighted by Gasteiger charge is -2.18. The third-order valence-corrected chi connectivity index (χ3v) is 5.21. The van der Waals surface area contributed by atoms with Crippen LogP contribution in [-0.4, -0.2) is 24.8 Å². The van der Waals surface area contributed by atoms with E-state index in [4.69, 9.17) is 0 Å². The number of amides is 1. The second-order valence-corrected chi connectivity index (χ2v) is 7.05. The average Bonchev–Trinajstić information content (AvgIpc) is 3.25. The Morgan fingerprint density at radius 2 is 1.45 bits per heavy atom. The predicted molar refractivity (Wildman–Crippen MR) is 118 cm³/mol. The monoisotopic (exact) mass is 406 g/mol. The maximum absolute atomic E-state index is 12.9. The lowest BCUT2D eigenvalue weighted by atomic mass is 9.88. The summed E-state index contributed by atoms with van der Waals surface area (Å²) in [6.45, 7) is 1.43. The smallest absolute Gasteiger partial charge is 0.229 e. The van der Waals surface area contributed by atoms with E-state index in [9.17, 15) is 9.59 Å². The zero-order chi connectivity index (χ0) is 19.3. The topological polar surface area (TPSA) is 58.2 Å². The second kappa shape index (κ2) is 9.50. The number of nitrogens with one attached hydrogen (secondary N) is 2. The Bertz CT molecular complexity index is 976. The van der Waals surface area contributed by atoms with Crippen molar-refractivity contribution in [3.05, 3.63) is 102 Å².